The van der Waals surface area contributed by atoms with Crippen LogP contribution in [0.25, 0.3) is 0 Å². The van der Waals surface area contributed by atoms with Crippen LogP contribution in [-0.4, -0.2) is 26.4 Å². The van der Waals surface area contributed by atoms with E-state index in [1.807, 2.05) is 79.7 Å². The summed E-state index contributed by atoms with van der Waals surface area (Å²) < 4.78 is 5.91. The Hall–Kier alpha value is -3.80. The maximum Gasteiger partial charge on any atom is 0.175 e. The van der Waals surface area contributed by atoms with Crippen LogP contribution in [0, 0.1) is 6.92 Å². The second-order valence-corrected chi connectivity index (χ2v) is 7.11. The van der Waals surface area contributed by atoms with E-state index in [1.54, 1.807) is 6.07 Å². The van der Waals surface area contributed by atoms with Crippen LogP contribution >= 0.6 is 0 Å². The maximum atomic E-state index is 13.5. The Balaban J connectivity index is 1.59. The molecule has 6 nitrogen and oxygen atoms in total. The molecule has 0 aliphatic carbocycles. The Bertz CT molecular complexity index is 1110. The highest BCUT2D eigenvalue weighted by Crippen LogP contribution is 2.28. The van der Waals surface area contributed by atoms with Crippen LogP contribution in [0.3, 0.4) is 0 Å². The molecule has 1 atom stereocenters. The van der Waals surface area contributed by atoms with Gasteiger partial charge in [-0.2, -0.15) is 5.21 Å². The summed E-state index contributed by atoms with van der Waals surface area (Å²) in [6.45, 7) is 2.45. The van der Waals surface area contributed by atoms with E-state index in [0.717, 1.165) is 16.7 Å². The van der Waals surface area contributed by atoms with E-state index in [9.17, 15) is 4.79 Å². The van der Waals surface area contributed by atoms with Gasteiger partial charge in [0.1, 0.15) is 12.4 Å². The van der Waals surface area contributed by atoms with E-state index in [4.69, 9.17) is 4.74 Å². The molecule has 0 saturated carbocycles. The third-order valence-corrected chi connectivity index (χ3v) is 5.02. The third kappa shape index (κ3) is 4.60. The van der Waals surface area contributed by atoms with Gasteiger partial charge in [-0.25, -0.2) is 0 Å². The molecule has 3 aromatic carbocycles. The number of aryl methyl sites for hydroxylation is 1. The Morgan fingerprint density at radius 1 is 1.00 bits per heavy atom. The zero-order valence-corrected chi connectivity index (χ0v) is 16.7. The number of nitrogens with one attached hydrogen (secondary N) is 1. The zero-order chi connectivity index (χ0) is 20.8. The van der Waals surface area contributed by atoms with Gasteiger partial charge in [0.05, 0.1) is 5.92 Å². The molecule has 1 aromatic heterocycles. The minimum atomic E-state index is -0.409. The van der Waals surface area contributed by atoms with E-state index in [2.05, 4.69) is 20.6 Å². The van der Waals surface area contributed by atoms with E-state index in [1.165, 1.54) is 0 Å². The topological polar surface area (TPSA) is 80.8 Å². The van der Waals surface area contributed by atoms with Crippen LogP contribution in [0.15, 0.2) is 78.9 Å². The molecule has 0 fully saturated rings. The summed E-state index contributed by atoms with van der Waals surface area (Å²) in [7, 11) is 0. The van der Waals surface area contributed by atoms with Crippen LogP contribution in [-0.2, 0) is 13.0 Å². The molecule has 0 bridgehead atoms. The SMILES string of the molecule is Cc1ccccc1C(Cc1nn[nH]n1)C(=O)c1cccc(OCc2ccccc2)c1. The summed E-state index contributed by atoms with van der Waals surface area (Å²) in [6, 6.07) is 25.2. The first-order valence-corrected chi connectivity index (χ1v) is 9.79. The van der Waals surface area contributed by atoms with Gasteiger partial charge in [-0.3, -0.25) is 4.79 Å². The number of hydrogen-bond donors (Lipinski definition) is 1. The minimum Gasteiger partial charge on any atom is -0.489 e. The van der Waals surface area contributed by atoms with Crippen molar-refractivity contribution in [1.29, 1.82) is 0 Å². The molecular formula is C24H22N4O2. The molecule has 1 N–H and O–H groups in total. The molecule has 1 unspecified atom stereocenters. The number of ketones is 1. The average Bonchev–Trinajstić information content (AvgIpc) is 3.30. The molecule has 0 aliphatic rings. The van der Waals surface area contributed by atoms with Gasteiger partial charge in [0.2, 0.25) is 0 Å². The van der Waals surface area contributed by atoms with Crippen LogP contribution < -0.4 is 4.74 Å². The number of carbonyl (C=O) groups is 1. The van der Waals surface area contributed by atoms with Gasteiger partial charge in [-0.05, 0) is 35.7 Å². The summed E-state index contributed by atoms with van der Waals surface area (Å²) in [5, 5.41) is 14.2. The van der Waals surface area contributed by atoms with Gasteiger partial charge in [0.25, 0.3) is 0 Å². The first-order chi connectivity index (χ1) is 14.7. The summed E-state index contributed by atoms with van der Waals surface area (Å²) in [4.78, 5) is 13.5. The molecule has 0 aliphatic heterocycles. The lowest BCUT2D eigenvalue weighted by Gasteiger charge is -2.17. The largest absolute Gasteiger partial charge is 0.489 e. The van der Waals surface area contributed by atoms with E-state index < -0.39 is 5.92 Å². The van der Waals surface area contributed by atoms with Crippen molar-refractivity contribution in [2.45, 2.75) is 25.9 Å². The van der Waals surface area contributed by atoms with Crippen molar-refractivity contribution in [2.24, 2.45) is 0 Å². The number of carbonyl (C=O) groups excluding carboxylic acids is 1. The molecule has 0 spiro atoms. The molecule has 30 heavy (non-hydrogen) atoms. The molecule has 6 heteroatoms. The van der Waals surface area contributed by atoms with Gasteiger partial charge in [0, 0.05) is 12.0 Å². The van der Waals surface area contributed by atoms with Gasteiger partial charge in [-0.15, -0.1) is 10.2 Å². The molecule has 0 saturated heterocycles. The smallest absolute Gasteiger partial charge is 0.175 e. The predicted octanol–water partition coefficient (Wildman–Crippen LogP) is 4.30. The number of H-pyrrole nitrogens is 1. The number of aromatic nitrogens is 4. The number of nitrogens with zero attached hydrogens (tertiary/aromatic N) is 3. The maximum absolute atomic E-state index is 13.5. The molecule has 0 radical (unpaired) electrons. The molecule has 150 valence electrons. The van der Waals surface area contributed by atoms with E-state index in [-0.39, 0.29) is 5.78 Å². The Kier molecular flexibility index (Phi) is 5.94. The van der Waals surface area contributed by atoms with Gasteiger partial charge in [0.15, 0.2) is 11.6 Å². The van der Waals surface area contributed by atoms with Crippen molar-refractivity contribution in [3.05, 3.63) is 107 Å². The fourth-order valence-corrected chi connectivity index (χ4v) is 3.45. The summed E-state index contributed by atoms with van der Waals surface area (Å²) >= 11 is 0. The number of Topliss-reactive ketones (excluding diaryl/α,β-unsaturated/α-hetero) is 1. The third-order valence-electron chi connectivity index (χ3n) is 5.02. The highest BCUT2D eigenvalue weighted by molar-refractivity contribution is 6.01. The molecule has 1 heterocycles. The Morgan fingerprint density at radius 2 is 1.80 bits per heavy atom. The highest BCUT2D eigenvalue weighted by Gasteiger charge is 2.25. The van der Waals surface area contributed by atoms with Crippen molar-refractivity contribution < 1.29 is 9.53 Å². The van der Waals surface area contributed by atoms with Crippen molar-refractivity contribution >= 4 is 5.78 Å². The lowest BCUT2D eigenvalue weighted by atomic mass is 9.85. The molecule has 4 rings (SSSR count). The van der Waals surface area contributed by atoms with Gasteiger partial charge >= 0.3 is 0 Å². The highest BCUT2D eigenvalue weighted by atomic mass is 16.5. The lowest BCUT2D eigenvalue weighted by Crippen LogP contribution is -2.17. The van der Waals surface area contributed by atoms with Gasteiger partial charge < -0.3 is 4.74 Å². The minimum absolute atomic E-state index is 0.000684. The van der Waals surface area contributed by atoms with Crippen molar-refractivity contribution in [2.75, 3.05) is 0 Å². The second kappa shape index (κ2) is 9.13. The number of rotatable bonds is 8. The average molecular weight is 398 g/mol. The number of aromatic amines is 1. The van der Waals surface area contributed by atoms with Gasteiger partial charge in [-0.1, -0.05) is 71.9 Å². The quantitative estimate of drug-likeness (QED) is 0.448. The number of tetrazole rings is 1. The van der Waals surface area contributed by atoms with Crippen LogP contribution in [0.4, 0.5) is 0 Å². The fraction of sp³-hybridized carbons (Fsp3) is 0.167. The number of hydrogen-bond acceptors (Lipinski definition) is 5. The van der Waals surface area contributed by atoms with E-state index in [0.29, 0.717) is 30.2 Å². The Labute approximate surface area is 174 Å². The normalized spacial score (nSPS) is 11.8. The summed E-state index contributed by atoms with van der Waals surface area (Å²) in [5.74, 6) is 0.758. The van der Waals surface area contributed by atoms with Crippen molar-refractivity contribution in [1.82, 2.24) is 20.6 Å². The van der Waals surface area contributed by atoms with E-state index >= 15 is 0 Å². The number of benzene rings is 3. The van der Waals surface area contributed by atoms with Crippen LogP contribution in [0.1, 0.15) is 38.8 Å². The molecule has 4 aromatic rings. The van der Waals surface area contributed by atoms with Crippen molar-refractivity contribution in [3.8, 4) is 5.75 Å². The molecular weight excluding hydrogens is 376 g/mol. The first-order valence-electron chi connectivity index (χ1n) is 9.79. The summed E-state index contributed by atoms with van der Waals surface area (Å²) in [6.07, 6.45) is 0.370. The summed E-state index contributed by atoms with van der Waals surface area (Å²) in [5.41, 5.74) is 3.68. The Morgan fingerprint density at radius 3 is 2.57 bits per heavy atom. The lowest BCUT2D eigenvalue weighted by molar-refractivity contribution is 0.0957. The van der Waals surface area contributed by atoms with Crippen molar-refractivity contribution in [3.63, 3.8) is 0 Å². The molecule has 0 amide bonds. The van der Waals surface area contributed by atoms with Crippen LogP contribution in [0.2, 0.25) is 0 Å². The fourth-order valence-electron chi connectivity index (χ4n) is 3.45. The standard InChI is InChI=1S/C24H22N4O2/c1-17-8-5-6-13-21(17)22(15-23-25-27-28-26-23)24(29)19-11-7-12-20(14-19)30-16-18-9-3-2-4-10-18/h2-14,22H,15-16H2,1H3,(H,25,26,27,28). The second-order valence-electron chi connectivity index (χ2n) is 7.11. The first kappa shape index (κ1) is 19.5. The number of ether oxygens (including phenoxy) is 1. The monoisotopic (exact) mass is 398 g/mol. The van der Waals surface area contributed by atoms with Crippen LogP contribution in [0.5, 0.6) is 5.75 Å². The predicted molar refractivity (Wildman–Crippen MR) is 113 cm³/mol. The zero-order valence-electron chi connectivity index (χ0n) is 16.7.